The zero-order valence-corrected chi connectivity index (χ0v) is 11.7. The molecule has 0 bridgehead atoms. The average molecular weight is 240 g/mol. The lowest BCUT2D eigenvalue weighted by Gasteiger charge is -2.25. The molecule has 1 heterocycles. The molecule has 0 aromatic carbocycles. The molecule has 1 N–H and O–H groups in total. The minimum atomic E-state index is 0.0816. The number of hydrogen-bond donors (Lipinski definition) is 1. The number of unbranched alkanes of at least 4 members (excludes halogenated alkanes) is 3. The van der Waals surface area contributed by atoms with Crippen molar-refractivity contribution in [3.63, 3.8) is 0 Å². The van der Waals surface area contributed by atoms with Gasteiger partial charge in [0.25, 0.3) is 0 Å². The van der Waals surface area contributed by atoms with Crippen molar-refractivity contribution in [3.05, 3.63) is 0 Å². The number of amides is 1. The molecule has 0 aromatic rings. The highest BCUT2D eigenvalue weighted by molar-refractivity contribution is 5.84. The fourth-order valence-corrected chi connectivity index (χ4v) is 2.60. The van der Waals surface area contributed by atoms with Gasteiger partial charge in [0.2, 0.25) is 5.91 Å². The average Bonchev–Trinajstić information content (AvgIpc) is 2.67. The molecule has 0 aromatic heterocycles. The molecule has 1 amide bonds. The fraction of sp³-hybridized carbons (Fsp3) is 0.929. The Hall–Kier alpha value is -0.570. The molecule has 0 aliphatic carbocycles. The Bertz CT molecular complexity index is 230. The van der Waals surface area contributed by atoms with Crippen molar-refractivity contribution in [2.75, 3.05) is 13.1 Å². The van der Waals surface area contributed by atoms with E-state index in [1.807, 2.05) is 0 Å². The van der Waals surface area contributed by atoms with Crippen LogP contribution in [0.5, 0.6) is 0 Å². The van der Waals surface area contributed by atoms with E-state index >= 15 is 0 Å². The van der Waals surface area contributed by atoms with Crippen molar-refractivity contribution >= 4 is 5.91 Å². The molecule has 1 aliphatic rings. The second-order valence-electron chi connectivity index (χ2n) is 5.13. The van der Waals surface area contributed by atoms with E-state index in [9.17, 15) is 4.79 Å². The third-order valence-corrected chi connectivity index (χ3v) is 3.70. The van der Waals surface area contributed by atoms with E-state index in [0.29, 0.717) is 11.9 Å². The van der Waals surface area contributed by atoms with Crippen LogP contribution in [0, 0.1) is 0 Å². The Morgan fingerprint density at radius 1 is 1.35 bits per heavy atom. The minimum absolute atomic E-state index is 0.0816. The van der Waals surface area contributed by atoms with Crippen LogP contribution in [0.1, 0.15) is 59.3 Å². The number of nitrogens with one attached hydrogen (secondary N) is 1. The van der Waals surface area contributed by atoms with Gasteiger partial charge in [0.05, 0.1) is 6.04 Å². The van der Waals surface area contributed by atoms with E-state index < -0.39 is 0 Å². The maximum absolute atomic E-state index is 12.1. The standard InChI is InChI=1S/C14H28N2O/c1-4-6-7-8-9-12(3)16-11-10-13(14(16)17)15-5-2/h12-13,15H,4-11H2,1-3H3. The van der Waals surface area contributed by atoms with Crippen LogP contribution in [0.25, 0.3) is 0 Å². The summed E-state index contributed by atoms with van der Waals surface area (Å²) in [7, 11) is 0. The number of nitrogens with zero attached hydrogens (tertiary/aromatic N) is 1. The summed E-state index contributed by atoms with van der Waals surface area (Å²) in [4.78, 5) is 14.2. The van der Waals surface area contributed by atoms with E-state index in [1.165, 1.54) is 25.7 Å². The summed E-state index contributed by atoms with van der Waals surface area (Å²) >= 11 is 0. The van der Waals surface area contributed by atoms with Crippen LogP contribution in [0.2, 0.25) is 0 Å². The number of rotatable bonds is 8. The van der Waals surface area contributed by atoms with Crippen LogP contribution in [0.4, 0.5) is 0 Å². The van der Waals surface area contributed by atoms with Gasteiger partial charge in [0.1, 0.15) is 0 Å². The summed E-state index contributed by atoms with van der Waals surface area (Å²) in [5.74, 6) is 0.315. The third-order valence-electron chi connectivity index (χ3n) is 3.70. The topological polar surface area (TPSA) is 32.3 Å². The van der Waals surface area contributed by atoms with Crippen molar-refractivity contribution in [2.24, 2.45) is 0 Å². The lowest BCUT2D eigenvalue weighted by molar-refractivity contribution is -0.131. The van der Waals surface area contributed by atoms with Gasteiger partial charge >= 0.3 is 0 Å². The van der Waals surface area contributed by atoms with Crippen LogP contribution in [0.15, 0.2) is 0 Å². The minimum Gasteiger partial charge on any atom is -0.339 e. The van der Waals surface area contributed by atoms with Crippen molar-refractivity contribution in [2.45, 2.75) is 71.4 Å². The number of likely N-dealkylation sites (N-methyl/N-ethyl adjacent to an activating group) is 1. The Balaban J connectivity index is 2.28. The van der Waals surface area contributed by atoms with Gasteiger partial charge in [0.15, 0.2) is 0 Å². The first-order valence-electron chi connectivity index (χ1n) is 7.24. The maximum atomic E-state index is 12.1. The first-order valence-corrected chi connectivity index (χ1v) is 7.24. The Morgan fingerprint density at radius 3 is 2.76 bits per heavy atom. The molecular formula is C14H28N2O. The van der Waals surface area contributed by atoms with E-state index in [2.05, 4.69) is 31.0 Å². The zero-order chi connectivity index (χ0) is 12.7. The van der Waals surface area contributed by atoms with Gasteiger partial charge in [-0.05, 0) is 26.3 Å². The molecule has 0 saturated carbocycles. The fourth-order valence-electron chi connectivity index (χ4n) is 2.60. The van der Waals surface area contributed by atoms with Crippen LogP contribution in [-0.4, -0.2) is 36.0 Å². The summed E-state index contributed by atoms with van der Waals surface area (Å²) in [5, 5.41) is 3.26. The molecule has 1 aliphatic heterocycles. The molecule has 1 rings (SSSR count). The van der Waals surface area contributed by atoms with E-state index in [-0.39, 0.29) is 6.04 Å². The Labute approximate surface area is 106 Å². The maximum Gasteiger partial charge on any atom is 0.240 e. The van der Waals surface area contributed by atoms with Gasteiger partial charge in [-0.2, -0.15) is 0 Å². The molecule has 2 atom stereocenters. The zero-order valence-electron chi connectivity index (χ0n) is 11.7. The number of hydrogen-bond acceptors (Lipinski definition) is 2. The molecule has 1 fully saturated rings. The normalized spacial score (nSPS) is 22.2. The molecular weight excluding hydrogens is 212 g/mol. The van der Waals surface area contributed by atoms with Crippen LogP contribution in [0.3, 0.4) is 0 Å². The monoisotopic (exact) mass is 240 g/mol. The molecule has 100 valence electrons. The predicted octanol–water partition coefficient (Wildman–Crippen LogP) is 2.56. The van der Waals surface area contributed by atoms with Gasteiger partial charge in [-0.1, -0.05) is 39.5 Å². The first-order chi connectivity index (χ1) is 8.20. The summed E-state index contributed by atoms with van der Waals surface area (Å²) in [6.07, 6.45) is 7.29. The molecule has 1 saturated heterocycles. The van der Waals surface area contributed by atoms with Gasteiger partial charge in [-0.15, -0.1) is 0 Å². The highest BCUT2D eigenvalue weighted by atomic mass is 16.2. The number of likely N-dealkylation sites (tertiary alicyclic amines) is 1. The third kappa shape index (κ3) is 4.30. The summed E-state index contributed by atoms with van der Waals surface area (Å²) in [6, 6.07) is 0.501. The van der Waals surface area contributed by atoms with Gasteiger partial charge in [-0.3, -0.25) is 4.79 Å². The second-order valence-corrected chi connectivity index (χ2v) is 5.13. The first kappa shape index (κ1) is 14.5. The lowest BCUT2D eigenvalue weighted by atomic mass is 10.1. The van der Waals surface area contributed by atoms with Crippen LogP contribution < -0.4 is 5.32 Å². The SMILES string of the molecule is CCCCCCC(C)N1CCC(NCC)C1=O. The number of carbonyl (C=O) groups is 1. The van der Waals surface area contributed by atoms with E-state index in [4.69, 9.17) is 0 Å². The van der Waals surface area contributed by atoms with E-state index in [1.54, 1.807) is 0 Å². The molecule has 2 unspecified atom stereocenters. The largest absolute Gasteiger partial charge is 0.339 e. The van der Waals surface area contributed by atoms with Gasteiger partial charge in [-0.25, -0.2) is 0 Å². The molecule has 17 heavy (non-hydrogen) atoms. The van der Waals surface area contributed by atoms with Crippen molar-refractivity contribution in [1.29, 1.82) is 0 Å². The Morgan fingerprint density at radius 2 is 2.12 bits per heavy atom. The van der Waals surface area contributed by atoms with Gasteiger partial charge in [0, 0.05) is 12.6 Å². The van der Waals surface area contributed by atoms with Crippen molar-refractivity contribution in [3.8, 4) is 0 Å². The van der Waals surface area contributed by atoms with Crippen LogP contribution >= 0.6 is 0 Å². The van der Waals surface area contributed by atoms with E-state index in [0.717, 1.165) is 25.9 Å². The second kappa shape index (κ2) is 7.70. The molecule has 3 nitrogen and oxygen atoms in total. The summed E-state index contributed by atoms with van der Waals surface area (Å²) in [5.41, 5.74) is 0. The summed E-state index contributed by atoms with van der Waals surface area (Å²) < 4.78 is 0. The number of carbonyl (C=O) groups excluding carboxylic acids is 1. The van der Waals surface area contributed by atoms with Crippen LogP contribution in [-0.2, 0) is 4.79 Å². The van der Waals surface area contributed by atoms with Crippen molar-refractivity contribution in [1.82, 2.24) is 10.2 Å². The smallest absolute Gasteiger partial charge is 0.240 e. The predicted molar refractivity (Wildman–Crippen MR) is 72.0 cm³/mol. The molecule has 3 heteroatoms. The lowest BCUT2D eigenvalue weighted by Crippen LogP contribution is -2.41. The quantitative estimate of drug-likeness (QED) is 0.661. The van der Waals surface area contributed by atoms with Gasteiger partial charge < -0.3 is 10.2 Å². The summed E-state index contributed by atoms with van der Waals surface area (Å²) in [6.45, 7) is 8.30. The Kier molecular flexibility index (Phi) is 6.56. The van der Waals surface area contributed by atoms with Crippen molar-refractivity contribution < 1.29 is 4.79 Å². The highest BCUT2D eigenvalue weighted by Crippen LogP contribution is 2.18. The molecule has 0 radical (unpaired) electrons. The molecule has 0 spiro atoms. The highest BCUT2D eigenvalue weighted by Gasteiger charge is 2.33.